The number of aryl methyl sites for hydroxylation is 2. The van der Waals surface area contributed by atoms with Crippen LogP contribution in [0.4, 0.5) is 11.4 Å². The molecule has 1 aliphatic rings. The van der Waals surface area contributed by atoms with Gasteiger partial charge in [-0.15, -0.1) is 0 Å². The molecule has 1 N–H and O–H groups in total. The van der Waals surface area contributed by atoms with Crippen LogP contribution in [0.15, 0.2) is 27.8 Å². The second-order valence-corrected chi connectivity index (χ2v) is 8.79. The largest absolute Gasteiger partial charge is 0.454 e. The maximum absolute atomic E-state index is 13.2. The zero-order valence-electron chi connectivity index (χ0n) is 20.5. The fourth-order valence-corrected chi connectivity index (χ4v) is 4.61. The van der Waals surface area contributed by atoms with Crippen LogP contribution < -0.4 is 16.1 Å². The first-order chi connectivity index (χ1) is 17.3. The van der Waals surface area contributed by atoms with Crippen molar-refractivity contribution in [3.8, 4) is 0 Å². The van der Waals surface area contributed by atoms with Gasteiger partial charge >= 0.3 is 11.7 Å². The quantitative estimate of drug-likeness (QED) is 0.269. The van der Waals surface area contributed by atoms with E-state index in [0.717, 1.165) is 45.2 Å². The molecular formula is C24H30N6O6. The third-order valence-electron chi connectivity index (χ3n) is 6.46. The van der Waals surface area contributed by atoms with E-state index >= 15 is 0 Å². The molecule has 0 radical (unpaired) electrons. The second kappa shape index (κ2) is 10.8. The van der Waals surface area contributed by atoms with Gasteiger partial charge in [-0.05, 0) is 38.7 Å². The predicted octanol–water partition coefficient (Wildman–Crippen LogP) is 2.96. The first-order valence-corrected chi connectivity index (χ1v) is 12.3. The van der Waals surface area contributed by atoms with Crippen LogP contribution in [0.25, 0.3) is 11.2 Å². The zero-order valence-corrected chi connectivity index (χ0v) is 20.5. The first-order valence-electron chi connectivity index (χ1n) is 12.3. The van der Waals surface area contributed by atoms with Gasteiger partial charge in [0.25, 0.3) is 11.2 Å². The number of nitrogens with zero attached hydrogens (tertiary/aromatic N) is 5. The molecule has 0 aliphatic carbocycles. The predicted molar refractivity (Wildman–Crippen MR) is 133 cm³/mol. The summed E-state index contributed by atoms with van der Waals surface area (Å²) < 4.78 is 8.61. The lowest BCUT2D eigenvalue weighted by atomic mass is 10.1. The van der Waals surface area contributed by atoms with Gasteiger partial charge in [-0.25, -0.2) is 14.6 Å². The molecule has 0 spiro atoms. The van der Waals surface area contributed by atoms with Crippen molar-refractivity contribution in [2.75, 3.05) is 18.0 Å². The maximum atomic E-state index is 13.2. The van der Waals surface area contributed by atoms with E-state index in [4.69, 9.17) is 4.74 Å². The van der Waals surface area contributed by atoms with Crippen LogP contribution in [0, 0.1) is 10.1 Å². The van der Waals surface area contributed by atoms with Crippen molar-refractivity contribution in [1.29, 1.82) is 0 Å². The van der Waals surface area contributed by atoms with Gasteiger partial charge in [0.1, 0.15) is 12.4 Å². The highest BCUT2D eigenvalue weighted by molar-refractivity contribution is 5.96. The van der Waals surface area contributed by atoms with Crippen LogP contribution in [0.5, 0.6) is 0 Å². The number of fused-ring (bicyclic) bond motifs is 1. The van der Waals surface area contributed by atoms with Gasteiger partial charge in [-0.2, -0.15) is 0 Å². The topological polar surface area (TPSA) is 145 Å². The summed E-state index contributed by atoms with van der Waals surface area (Å²) in [5.74, 6) is -0.404. The van der Waals surface area contributed by atoms with Crippen LogP contribution in [0.3, 0.4) is 0 Å². The lowest BCUT2D eigenvalue weighted by Gasteiger charge is -2.30. The van der Waals surface area contributed by atoms with Crippen molar-refractivity contribution in [2.24, 2.45) is 0 Å². The van der Waals surface area contributed by atoms with Gasteiger partial charge in [0.15, 0.2) is 11.2 Å². The lowest BCUT2D eigenvalue weighted by molar-refractivity contribution is -0.384. The number of anilines is 1. The summed E-state index contributed by atoms with van der Waals surface area (Å²) >= 11 is 0. The molecule has 36 heavy (non-hydrogen) atoms. The Morgan fingerprint density at radius 2 is 1.92 bits per heavy atom. The molecule has 0 atom stereocenters. The monoisotopic (exact) mass is 498 g/mol. The summed E-state index contributed by atoms with van der Waals surface area (Å²) in [4.78, 5) is 57.9. The third-order valence-corrected chi connectivity index (χ3v) is 6.46. The summed E-state index contributed by atoms with van der Waals surface area (Å²) in [5, 5.41) is 11.4. The molecule has 3 aromatic rings. The number of H-pyrrole nitrogens is 1. The van der Waals surface area contributed by atoms with E-state index < -0.39 is 22.1 Å². The lowest BCUT2D eigenvalue weighted by Crippen LogP contribution is -2.31. The Morgan fingerprint density at radius 3 is 2.58 bits per heavy atom. The number of imidazole rings is 1. The van der Waals surface area contributed by atoms with E-state index in [2.05, 4.69) is 9.97 Å². The maximum Gasteiger partial charge on any atom is 0.340 e. The Kier molecular flexibility index (Phi) is 7.51. The number of benzene rings is 1. The summed E-state index contributed by atoms with van der Waals surface area (Å²) in [6, 6.07) is 4.22. The normalized spacial score (nSPS) is 13.8. The number of aromatic nitrogens is 4. The minimum Gasteiger partial charge on any atom is -0.454 e. The number of hydrogen-bond acceptors (Lipinski definition) is 8. The van der Waals surface area contributed by atoms with Gasteiger partial charge < -0.3 is 14.2 Å². The fourth-order valence-electron chi connectivity index (χ4n) is 4.61. The Balaban J connectivity index is 1.68. The molecule has 2 aromatic heterocycles. The number of ether oxygens (including phenoxy) is 1. The van der Waals surface area contributed by atoms with E-state index in [-0.39, 0.29) is 29.0 Å². The summed E-state index contributed by atoms with van der Waals surface area (Å²) in [6.07, 6.45) is 4.63. The highest BCUT2D eigenvalue weighted by Crippen LogP contribution is 2.29. The van der Waals surface area contributed by atoms with E-state index in [0.29, 0.717) is 24.6 Å². The van der Waals surface area contributed by atoms with E-state index in [1.54, 1.807) is 10.6 Å². The molecule has 1 fully saturated rings. The van der Waals surface area contributed by atoms with E-state index in [1.807, 2.05) is 18.7 Å². The molecule has 12 heteroatoms. The standard InChI is InChI=1S/C24H30N6O6/c1-3-5-13-29-21-20(22(31)26-24(29)33)28(4-2)19(25-21)15-36-23(32)17-14-16(30(34)35)9-10-18(17)27-11-7-6-8-12-27/h9-10,14H,3-8,11-13,15H2,1-2H3,(H,26,31,33). The van der Waals surface area contributed by atoms with Crippen molar-refractivity contribution in [1.82, 2.24) is 19.1 Å². The molecule has 1 aliphatic heterocycles. The molecule has 0 unspecified atom stereocenters. The van der Waals surface area contributed by atoms with Crippen molar-refractivity contribution in [3.05, 3.63) is 60.5 Å². The highest BCUT2D eigenvalue weighted by atomic mass is 16.6. The van der Waals surface area contributed by atoms with Gasteiger partial charge in [-0.3, -0.25) is 24.5 Å². The summed E-state index contributed by atoms with van der Waals surface area (Å²) in [6.45, 7) is 5.83. The Hall–Kier alpha value is -3.96. The highest BCUT2D eigenvalue weighted by Gasteiger charge is 2.24. The molecule has 0 saturated carbocycles. The first kappa shape index (κ1) is 25.1. The molecule has 1 aromatic carbocycles. The Labute approximate surface area is 206 Å². The number of nitro groups is 1. The molecule has 3 heterocycles. The summed E-state index contributed by atoms with van der Waals surface area (Å²) in [5.41, 5.74) is -0.0936. The van der Waals surface area contributed by atoms with Gasteiger partial charge in [0.05, 0.1) is 16.2 Å². The number of esters is 1. The number of carbonyl (C=O) groups is 1. The molecule has 1 saturated heterocycles. The Morgan fingerprint density at radius 1 is 1.17 bits per heavy atom. The average Bonchev–Trinajstić information content (AvgIpc) is 3.26. The van der Waals surface area contributed by atoms with Crippen LogP contribution in [-0.2, 0) is 24.4 Å². The number of hydrogen-bond donors (Lipinski definition) is 1. The zero-order chi connectivity index (χ0) is 25.8. The van der Waals surface area contributed by atoms with E-state index in [9.17, 15) is 24.5 Å². The van der Waals surface area contributed by atoms with Gasteiger partial charge in [0.2, 0.25) is 0 Å². The minimum atomic E-state index is -0.716. The molecule has 12 nitrogen and oxygen atoms in total. The molecule has 192 valence electrons. The number of rotatable bonds is 9. The van der Waals surface area contributed by atoms with Crippen LogP contribution in [-0.4, -0.2) is 43.1 Å². The number of piperidine rings is 1. The minimum absolute atomic E-state index is 0.114. The smallest absolute Gasteiger partial charge is 0.340 e. The Bertz CT molecular complexity index is 1400. The number of non-ortho nitro benzene ring substituents is 1. The third kappa shape index (κ3) is 4.88. The molecule has 0 bridgehead atoms. The van der Waals surface area contributed by atoms with Crippen LogP contribution in [0.2, 0.25) is 0 Å². The van der Waals surface area contributed by atoms with Crippen molar-refractivity contribution >= 4 is 28.5 Å². The van der Waals surface area contributed by atoms with Crippen molar-refractivity contribution in [3.63, 3.8) is 0 Å². The van der Waals surface area contributed by atoms with Crippen molar-refractivity contribution in [2.45, 2.75) is 65.6 Å². The van der Waals surface area contributed by atoms with Crippen LogP contribution >= 0.6 is 0 Å². The number of nitro benzene ring substituents is 1. The van der Waals surface area contributed by atoms with Gasteiger partial charge in [0, 0.05) is 38.3 Å². The fraction of sp³-hybridized carbons (Fsp3) is 0.500. The summed E-state index contributed by atoms with van der Waals surface area (Å²) in [7, 11) is 0. The van der Waals surface area contributed by atoms with Crippen LogP contribution in [0.1, 0.15) is 62.1 Å². The number of aromatic amines is 1. The number of nitrogens with one attached hydrogen (secondary N) is 1. The average molecular weight is 499 g/mol. The molecular weight excluding hydrogens is 468 g/mol. The second-order valence-electron chi connectivity index (χ2n) is 8.79. The molecule has 4 rings (SSSR count). The number of carbonyl (C=O) groups excluding carboxylic acids is 1. The molecule has 0 amide bonds. The van der Waals surface area contributed by atoms with E-state index in [1.165, 1.54) is 16.7 Å². The number of unbranched alkanes of at least 4 members (excludes halogenated alkanes) is 1. The SMILES string of the molecule is CCCCn1c(=O)[nH]c(=O)c2c1nc(COC(=O)c1cc([N+](=O)[O-])ccc1N1CCCCC1)n2CC. The van der Waals surface area contributed by atoms with Gasteiger partial charge in [-0.1, -0.05) is 13.3 Å². The van der Waals surface area contributed by atoms with Crippen molar-refractivity contribution < 1.29 is 14.5 Å².